The number of rotatable bonds is 4. The number of aromatic nitrogens is 1. The summed E-state index contributed by atoms with van der Waals surface area (Å²) in [5, 5.41) is 0. The highest BCUT2D eigenvalue weighted by atomic mass is 19.4. The molecule has 1 heterocycles. The second kappa shape index (κ2) is 6.05. The molecule has 7 heteroatoms. The molecule has 0 amide bonds. The monoisotopic (exact) mass is 311 g/mol. The van der Waals surface area contributed by atoms with Gasteiger partial charge in [-0.25, -0.2) is 4.79 Å². The van der Waals surface area contributed by atoms with Gasteiger partial charge in [0.15, 0.2) is 5.78 Å². The Labute approximate surface area is 123 Å². The molecule has 0 aliphatic carbocycles. The van der Waals surface area contributed by atoms with Gasteiger partial charge in [-0.1, -0.05) is 12.1 Å². The second-order valence-electron chi connectivity index (χ2n) is 4.63. The van der Waals surface area contributed by atoms with Crippen LogP contribution >= 0.6 is 0 Å². The number of ether oxygens (including phenoxy) is 1. The predicted molar refractivity (Wildman–Crippen MR) is 71.4 cm³/mol. The molecular formula is C15H12F3NO3. The molecule has 0 aliphatic rings. The van der Waals surface area contributed by atoms with Crippen molar-refractivity contribution in [1.29, 1.82) is 0 Å². The minimum Gasteiger partial charge on any atom is -0.456 e. The highest BCUT2D eigenvalue weighted by Gasteiger charge is 2.29. The van der Waals surface area contributed by atoms with E-state index in [1.807, 2.05) is 0 Å². The molecule has 0 aliphatic heterocycles. The van der Waals surface area contributed by atoms with Crippen LogP contribution in [0.1, 0.15) is 38.9 Å². The lowest BCUT2D eigenvalue weighted by Gasteiger charge is -2.08. The number of H-pyrrole nitrogens is 1. The molecule has 0 radical (unpaired) electrons. The first kappa shape index (κ1) is 15.8. The highest BCUT2D eigenvalue weighted by molar-refractivity contribution is 5.97. The third kappa shape index (κ3) is 3.75. The van der Waals surface area contributed by atoms with Crippen LogP contribution in [-0.2, 0) is 17.5 Å². The molecule has 22 heavy (non-hydrogen) atoms. The van der Waals surface area contributed by atoms with Gasteiger partial charge in [0.2, 0.25) is 0 Å². The van der Waals surface area contributed by atoms with Crippen molar-refractivity contribution in [3.63, 3.8) is 0 Å². The van der Waals surface area contributed by atoms with Gasteiger partial charge in [0.1, 0.15) is 12.3 Å². The standard InChI is InChI=1S/C15H12F3NO3/c1-9(20)11-6-13(19-7-11)14(21)22-8-10-2-4-12(5-3-10)15(16,17)18/h2-7,19H,8H2,1H3. The molecule has 0 spiro atoms. The van der Waals surface area contributed by atoms with Crippen LogP contribution in [0.25, 0.3) is 0 Å². The van der Waals surface area contributed by atoms with E-state index in [1.165, 1.54) is 31.3 Å². The number of ketones is 1. The van der Waals surface area contributed by atoms with Gasteiger partial charge in [-0.05, 0) is 30.7 Å². The van der Waals surface area contributed by atoms with E-state index >= 15 is 0 Å². The number of nitrogens with one attached hydrogen (secondary N) is 1. The summed E-state index contributed by atoms with van der Waals surface area (Å²) < 4.78 is 42.2. The first-order valence-corrected chi connectivity index (χ1v) is 6.30. The zero-order chi connectivity index (χ0) is 16.3. The van der Waals surface area contributed by atoms with Crippen molar-refractivity contribution in [2.45, 2.75) is 19.7 Å². The van der Waals surface area contributed by atoms with Crippen molar-refractivity contribution in [3.8, 4) is 0 Å². The zero-order valence-electron chi connectivity index (χ0n) is 11.5. The van der Waals surface area contributed by atoms with Crippen molar-refractivity contribution < 1.29 is 27.5 Å². The second-order valence-corrected chi connectivity index (χ2v) is 4.63. The van der Waals surface area contributed by atoms with Gasteiger partial charge in [-0.15, -0.1) is 0 Å². The van der Waals surface area contributed by atoms with Gasteiger partial charge in [-0.3, -0.25) is 4.79 Å². The molecular weight excluding hydrogens is 299 g/mol. The van der Waals surface area contributed by atoms with E-state index in [0.29, 0.717) is 11.1 Å². The number of carbonyl (C=O) groups is 2. The number of benzene rings is 1. The summed E-state index contributed by atoms with van der Waals surface area (Å²) in [5.74, 6) is -0.884. The van der Waals surface area contributed by atoms with Crippen LogP contribution in [0.4, 0.5) is 13.2 Å². The third-order valence-corrected chi connectivity index (χ3v) is 2.96. The van der Waals surface area contributed by atoms with E-state index in [0.717, 1.165) is 12.1 Å². The Kier molecular flexibility index (Phi) is 4.35. The van der Waals surface area contributed by atoms with Crippen LogP contribution in [0.15, 0.2) is 36.5 Å². The summed E-state index contributed by atoms with van der Waals surface area (Å²) in [7, 11) is 0. The minimum absolute atomic E-state index is 0.108. The number of esters is 1. The summed E-state index contributed by atoms with van der Waals surface area (Å²) in [5.41, 5.74) is 0.122. The molecule has 1 aromatic heterocycles. The first-order chi connectivity index (χ1) is 10.3. The largest absolute Gasteiger partial charge is 0.456 e. The molecule has 2 aromatic rings. The normalized spacial score (nSPS) is 11.3. The van der Waals surface area contributed by atoms with E-state index in [2.05, 4.69) is 4.98 Å². The fourth-order valence-electron chi connectivity index (χ4n) is 1.73. The van der Waals surface area contributed by atoms with Gasteiger partial charge < -0.3 is 9.72 Å². The van der Waals surface area contributed by atoms with Gasteiger partial charge in [0, 0.05) is 11.8 Å². The maximum Gasteiger partial charge on any atom is 0.416 e. The van der Waals surface area contributed by atoms with Crippen LogP contribution in [0.3, 0.4) is 0 Å². The van der Waals surface area contributed by atoms with Crippen LogP contribution < -0.4 is 0 Å². The van der Waals surface area contributed by atoms with E-state index in [1.54, 1.807) is 0 Å². The molecule has 0 fully saturated rings. The molecule has 0 atom stereocenters. The van der Waals surface area contributed by atoms with Crippen LogP contribution in [0.5, 0.6) is 0 Å². The summed E-state index contributed by atoms with van der Waals surface area (Å²) >= 11 is 0. The molecule has 116 valence electrons. The summed E-state index contributed by atoms with van der Waals surface area (Å²) in [6.45, 7) is 1.20. The van der Waals surface area contributed by atoms with Crippen molar-refractivity contribution >= 4 is 11.8 Å². The number of aromatic amines is 1. The number of carbonyl (C=O) groups excluding carboxylic acids is 2. The molecule has 0 bridgehead atoms. The third-order valence-electron chi connectivity index (χ3n) is 2.96. The highest BCUT2D eigenvalue weighted by Crippen LogP contribution is 2.29. The number of hydrogen-bond acceptors (Lipinski definition) is 3. The lowest BCUT2D eigenvalue weighted by molar-refractivity contribution is -0.137. The Bertz CT molecular complexity index is 687. The van der Waals surface area contributed by atoms with E-state index in [9.17, 15) is 22.8 Å². The SMILES string of the molecule is CC(=O)c1c[nH]c(C(=O)OCc2ccc(C(F)(F)F)cc2)c1. The van der Waals surface area contributed by atoms with E-state index < -0.39 is 17.7 Å². The van der Waals surface area contributed by atoms with Gasteiger partial charge in [0.05, 0.1) is 5.56 Å². The Balaban J connectivity index is 1.97. The Morgan fingerprint density at radius 1 is 1.18 bits per heavy atom. The smallest absolute Gasteiger partial charge is 0.416 e. The topological polar surface area (TPSA) is 59.2 Å². The summed E-state index contributed by atoms with van der Waals surface area (Å²) in [6, 6.07) is 5.69. The fraction of sp³-hybridized carbons (Fsp3) is 0.200. The lowest BCUT2D eigenvalue weighted by Crippen LogP contribution is -2.07. The Morgan fingerprint density at radius 2 is 1.82 bits per heavy atom. The minimum atomic E-state index is -4.40. The molecule has 1 aromatic carbocycles. The Morgan fingerprint density at radius 3 is 2.32 bits per heavy atom. The van der Waals surface area contributed by atoms with Gasteiger partial charge in [-0.2, -0.15) is 13.2 Å². The van der Waals surface area contributed by atoms with Crippen molar-refractivity contribution in [3.05, 3.63) is 58.9 Å². The molecule has 2 rings (SSSR count). The van der Waals surface area contributed by atoms with Crippen molar-refractivity contribution in [2.75, 3.05) is 0 Å². The van der Waals surface area contributed by atoms with E-state index in [-0.39, 0.29) is 18.1 Å². The van der Waals surface area contributed by atoms with Crippen LogP contribution in [0, 0.1) is 0 Å². The number of halogens is 3. The van der Waals surface area contributed by atoms with Crippen LogP contribution in [-0.4, -0.2) is 16.7 Å². The summed E-state index contributed by atoms with van der Waals surface area (Å²) in [4.78, 5) is 25.5. The number of hydrogen-bond donors (Lipinski definition) is 1. The molecule has 0 saturated heterocycles. The molecule has 4 nitrogen and oxygen atoms in total. The average Bonchev–Trinajstić information content (AvgIpc) is 2.94. The number of Topliss-reactive ketones (excluding diaryl/α,β-unsaturated/α-hetero) is 1. The fourth-order valence-corrected chi connectivity index (χ4v) is 1.73. The van der Waals surface area contributed by atoms with Crippen LogP contribution in [0.2, 0.25) is 0 Å². The first-order valence-electron chi connectivity index (χ1n) is 6.30. The van der Waals surface area contributed by atoms with Gasteiger partial charge in [0.25, 0.3) is 0 Å². The Hall–Kier alpha value is -2.57. The van der Waals surface area contributed by atoms with Crippen molar-refractivity contribution in [2.24, 2.45) is 0 Å². The maximum absolute atomic E-state index is 12.4. The summed E-state index contributed by atoms with van der Waals surface area (Å²) in [6.07, 6.45) is -3.01. The number of alkyl halides is 3. The molecule has 0 saturated carbocycles. The van der Waals surface area contributed by atoms with E-state index in [4.69, 9.17) is 4.74 Å². The lowest BCUT2D eigenvalue weighted by atomic mass is 10.1. The molecule has 1 N–H and O–H groups in total. The predicted octanol–water partition coefficient (Wildman–Crippen LogP) is 3.59. The quantitative estimate of drug-likeness (QED) is 0.693. The molecule has 0 unspecified atom stereocenters. The van der Waals surface area contributed by atoms with Crippen molar-refractivity contribution in [1.82, 2.24) is 4.98 Å². The average molecular weight is 311 g/mol. The van der Waals surface area contributed by atoms with Gasteiger partial charge >= 0.3 is 12.1 Å². The maximum atomic E-state index is 12.4. The zero-order valence-corrected chi connectivity index (χ0v) is 11.5.